The van der Waals surface area contributed by atoms with E-state index >= 15 is 0 Å². The van der Waals surface area contributed by atoms with E-state index in [2.05, 4.69) is 5.32 Å². The fourth-order valence-corrected chi connectivity index (χ4v) is 2.73. The Bertz CT molecular complexity index is 424. The average molecular weight is 277 g/mol. The van der Waals surface area contributed by atoms with Crippen molar-refractivity contribution < 1.29 is 9.90 Å². The summed E-state index contributed by atoms with van der Waals surface area (Å²) in [7, 11) is 0. The van der Waals surface area contributed by atoms with E-state index in [0.717, 1.165) is 24.9 Å². The first-order valence-electron chi connectivity index (χ1n) is 7.16. The molecule has 110 valence electrons. The first-order valence-corrected chi connectivity index (χ1v) is 7.16. The number of hydrogen-bond acceptors (Lipinski definition) is 3. The van der Waals surface area contributed by atoms with E-state index in [9.17, 15) is 4.79 Å². The third-order valence-electron chi connectivity index (χ3n) is 3.65. The summed E-state index contributed by atoms with van der Waals surface area (Å²) in [6.07, 6.45) is 2.61. The highest BCUT2D eigenvalue weighted by molar-refractivity contribution is 5.89. The highest BCUT2D eigenvalue weighted by Crippen LogP contribution is 2.21. The molecule has 0 radical (unpaired) electrons. The molecule has 2 amide bonds. The Kier molecular flexibility index (Phi) is 5.38. The molecule has 5 heteroatoms. The zero-order valence-electron chi connectivity index (χ0n) is 11.7. The first-order chi connectivity index (χ1) is 9.69. The number of benzene rings is 1. The summed E-state index contributed by atoms with van der Waals surface area (Å²) in [6, 6.07) is 9.35. The zero-order valence-corrected chi connectivity index (χ0v) is 11.7. The summed E-state index contributed by atoms with van der Waals surface area (Å²) in [5.74, 6) is 0.382. The van der Waals surface area contributed by atoms with Crippen molar-refractivity contribution >= 4 is 11.7 Å². The van der Waals surface area contributed by atoms with Gasteiger partial charge in [-0.15, -0.1) is 0 Å². The van der Waals surface area contributed by atoms with Crippen LogP contribution in [0.25, 0.3) is 0 Å². The second-order valence-corrected chi connectivity index (χ2v) is 5.43. The van der Waals surface area contributed by atoms with Crippen LogP contribution in [0.2, 0.25) is 0 Å². The Labute approximate surface area is 119 Å². The van der Waals surface area contributed by atoms with E-state index in [0.29, 0.717) is 19.0 Å². The number of nitrogens with one attached hydrogen (secondary N) is 1. The number of anilines is 1. The van der Waals surface area contributed by atoms with Gasteiger partial charge in [0.2, 0.25) is 0 Å². The van der Waals surface area contributed by atoms with Crippen LogP contribution in [0.4, 0.5) is 10.5 Å². The zero-order chi connectivity index (χ0) is 14.4. The summed E-state index contributed by atoms with van der Waals surface area (Å²) in [5.41, 5.74) is 6.83. The van der Waals surface area contributed by atoms with Crippen molar-refractivity contribution in [2.75, 3.05) is 25.0 Å². The molecule has 0 saturated carbocycles. The minimum Gasteiger partial charge on any atom is -0.396 e. The van der Waals surface area contributed by atoms with Gasteiger partial charge >= 0.3 is 6.03 Å². The Hall–Kier alpha value is -1.59. The lowest BCUT2D eigenvalue weighted by Gasteiger charge is -2.36. The number of hydrogen-bond donors (Lipinski definition) is 3. The van der Waals surface area contributed by atoms with Gasteiger partial charge in [0.25, 0.3) is 0 Å². The molecule has 1 aliphatic heterocycles. The predicted octanol–water partition coefficient (Wildman–Crippen LogP) is 1.64. The fraction of sp³-hybridized carbons (Fsp3) is 0.533. The molecule has 1 aliphatic rings. The number of piperidine rings is 1. The van der Waals surface area contributed by atoms with Crippen molar-refractivity contribution in [3.05, 3.63) is 30.3 Å². The third-order valence-corrected chi connectivity index (χ3v) is 3.65. The normalized spacial score (nSPS) is 22.6. The van der Waals surface area contributed by atoms with Crippen LogP contribution in [0.1, 0.15) is 19.3 Å². The number of amides is 2. The SMILES string of the molecule is NC1CC(CCCO)CN(C(=O)Nc2ccccc2)C1. The molecule has 2 atom stereocenters. The molecule has 0 aliphatic carbocycles. The molecule has 2 unspecified atom stereocenters. The third kappa shape index (κ3) is 4.21. The van der Waals surface area contributed by atoms with Crippen LogP contribution in [0, 0.1) is 5.92 Å². The molecule has 2 rings (SSSR count). The van der Waals surface area contributed by atoms with Crippen LogP contribution >= 0.6 is 0 Å². The minimum atomic E-state index is -0.0969. The van der Waals surface area contributed by atoms with E-state index in [4.69, 9.17) is 10.8 Å². The second-order valence-electron chi connectivity index (χ2n) is 5.43. The minimum absolute atomic E-state index is 0.0222. The van der Waals surface area contributed by atoms with Crippen LogP contribution in [0.3, 0.4) is 0 Å². The molecule has 4 N–H and O–H groups in total. The summed E-state index contributed by atoms with van der Waals surface area (Å²) in [6.45, 7) is 1.50. The maximum absolute atomic E-state index is 12.2. The number of nitrogens with two attached hydrogens (primary N) is 1. The highest BCUT2D eigenvalue weighted by atomic mass is 16.3. The molecule has 5 nitrogen and oxygen atoms in total. The smallest absolute Gasteiger partial charge is 0.321 e. The van der Waals surface area contributed by atoms with Crippen LogP contribution in [0.15, 0.2) is 30.3 Å². The van der Waals surface area contributed by atoms with E-state index in [1.54, 1.807) is 4.90 Å². The van der Waals surface area contributed by atoms with Crippen molar-refractivity contribution in [1.82, 2.24) is 4.90 Å². The maximum Gasteiger partial charge on any atom is 0.321 e. The lowest BCUT2D eigenvalue weighted by atomic mass is 9.91. The summed E-state index contributed by atoms with van der Waals surface area (Å²) >= 11 is 0. The highest BCUT2D eigenvalue weighted by Gasteiger charge is 2.27. The van der Waals surface area contributed by atoms with Gasteiger partial charge < -0.3 is 21.1 Å². The van der Waals surface area contributed by atoms with Gasteiger partial charge in [-0.1, -0.05) is 18.2 Å². The topological polar surface area (TPSA) is 78.6 Å². The molecular formula is C15H23N3O2. The van der Waals surface area contributed by atoms with Crippen molar-refractivity contribution in [2.45, 2.75) is 25.3 Å². The number of rotatable bonds is 4. The molecule has 0 spiro atoms. The molecule has 1 saturated heterocycles. The molecular weight excluding hydrogens is 254 g/mol. The molecule has 20 heavy (non-hydrogen) atoms. The average Bonchev–Trinajstić information content (AvgIpc) is 2.45. The number of urea groups is 1. The maximum atomic E-state index is 12.2. The number of aliphatic hydroxyl groups excluding tert-OH is 1. The number of carbonyl (C=O) groups is 1. The largest absolute Gasteiger partial charge is 0.396 e. The molecule has 1 aromatic rings. The van der Waals surface area contributed by atoms with Crippen molar-refractivity contribution in [1.29, 1.82) is 0 Å². The summed E-state index contributed by atoms with van der Waals surface area (Å²) in [4.78, 5) is 14.0. The molecule has 1 fully saturated rings. The van der Waals surface area contributed by atoms with Gasteiger partial charge in [0, 0.05) is 31.4 Å². The summed E-state index contributed by atoms with van der Waals surface area (Å²) in [5, 5.41) is 11.8. The monoisotopic (exact) mass is 277 g/mol. The molecule has 0 bridgehead atoms. The number of likely N-dealkylation sites (tertiary alicyclic amines) is 1. The van der Waals surface area contributed by atoms with Gasteiger partial charge in [0.15, 0.2) is 0 Å². The number of carbonyl (C=O) groups excluding carboxylic acids is 1. The van der Waals surface area contributed by atoms with Crippen molar-refractivity contribution in [3.8, 4) is 0 Å². The number of aliphatic hydroxyl groups is 1. The Balaban J connectivity index is 1.91. The number of para-hydroxylation sites is 1. The van der Waals surface area contributed by atoms with Crippen molar-refractivity contribution in [3.63, 3.8) is 0 Å². The van der Waals surface area contributed by atoms with Gasteiger partial charge in [-0.2, -0.15) is 0 Å². The van der Waals surface area contributed by atoms with Crippen LogP contribution < -0.4 is 11.1 Å². The molecule has 1 aromatic carbocycles. The fourth-order valence-electron chi connectivity index (χ4n) is 2.73. The predicted molar refractivity (Wildman–Crippen MR) is 79.4 cm³/mol. The van der Waals surface area contributed by atoms with E-state index in [-0.39, 0.29) is 18.7 Å². The Morgan fingerprint density at radius 2 is 2.10 bits per heavy atom. The van der Waals surface area contributed by atoms with Crippen LogP contribution in [0.5, 0.6) is 0 Å². The lowest BCUT2D eigenvalue weighted by molar-refractivity contribution is 0.157. The quantitative estimate of drug-likeness (QED) is 0.783. The second kappa shape index (κ2) is 7.26. The Morgan fingerprint density at radius 3 is 2.80 bits per heavy atom. The van der Waals surface area contributed by atoms with Gasteiger partial charge in [0.05, 0.1) is 0 Å². The molecule has 0 aromatic heterocycles. The molecule has 1 heterocycles. The van der Waals surface area contributed by atoms with Gasteiger partial charge in [0.1, 0.15) is 0 Å². The lowest BCUT2D eigenvalue weighted by Crippen LogP contribution is -2.50. The van der Waals surface area contributed by atoms with E-state index in [1.807, 2.05) is 30.3 Å². The van der Waals surface area contributed by atoms with Gasteiger partial charge in [-0.05, 0) is 37.3 Å². The van der Waals surface area contributed by atoms with Crippen molar-refractivity contribution in [2.24, 2.45) is 11.7 Å². The van der Waals surface area contributed by atoms with Crippen LogP contribution in [-0.4, -0.2) is 41.8 Å². The van der Waals surface area contributed by atoms with Gasteiger partial charge in [-0.3, -0.25) is 0 Å². The van der Waals surface area contributed by atoms with E-state index < -0.39 is 0 Å². The Morgan fingerprint density at radius 1 is 1.35 bits per heavy atom. The number of nitrogens with zero attached hydrogens (tertiary/aromatic N) is 1. The van der Waals surface area contributed by atoms with Crippen LogP contribution in [-0.2, 0) is 0 Å². The first kappa shape index (κ1) is 14.8. The van der Waals surface area contributed by atoms with E-state index in [1.165, 1.54) is 0 Å². The summed E-state index contributed by atoms with van der Waals surface area (Å²) < 4.78 is 0. The van der Waals surface area contributed by atoms with Gasteiger partial charge in [-0.25, -0.2) is 4.79 Å². The standard InChI is InChI=1S/C15H23N3O2/c16-13-9-12(5-4-8-19)10-18(11-13)15(20)17-14-6-2-1-3-7-14/h1-3,6-7,12-13,19H,4-5,8-11,16H2,(H,17,20).